The van der Waals surface area contributed by atoms with Crippen LogP contribution in [0.25, 0.3) is 0 Å². The van der Waals surface area contributed by atoms with Gasteiger partial charge in [0, 0.05) is 42.8 Å². The minimum atomic E-state index is -0.377. The standard InChI is InChI=1S/C13H18ClN3O3/c1-16(9-12-7-15-4-5-20-12)8-10-6-11(14)2-3-13(10)17(18)19/h2-3,6,12,15H,4-5,7-9H2,1H3. The summed E-state index contributed by atoms with van der Waals surface area (Å²) in [4.78, 5) is 12.6. The van der Waals surface area contributed by atoms with Gasteiger partial charge < -0.3 is 10.1 Å². The summed E-state index contributed by atoms with van der Waals surface area (Å²) in [5.74, 6) is 0. The summed E-state index contributed by atoms with van der Waals surface area (Å²) in [6.45, 7) is 3.57. The summed E-state index contributed by atoms with van der Waals surface area (Å²) >= 11 is 5.92. The fourth-order valence-corrected chi connectivity index (χ4v) is 2.49. The first-order chi connectivity index (χ1) is 9.56. The van der Waals surface area contributed by atoms with Gasteiger partial charge in [0.25, 0.3) is 5.69 Å². The van der Waals surface area contributed by atoms with Gasteiger partial charge in [0.2, 0.25) is 0 Å². The van der Waals surface area contributed by atoms with E-state index in [1.165, 1.54) is 12.1 Å². The number of hydrogen-bond donors (Lipinski definition) is 1. The quantitative estimate of drug-likeness (QED) is 0.662. The third-order valence-corrected chi connectivity index (χ3v) is 3.43. The zero-order valence-corrected chi connectivity index (χ0v) is 12.1. The van der Waals surface area contributed by atoms with Crippen LogP contribution in [-0.4, -0.2) is 49.2 Å². The second kappa shape index (κ2) is 6.99. The number of likely N-dealkylation sites (N-methyl/N-ethyl adjacent to an activating group) is 1. The number of nitro benzene ring substituents is 1. The average molecular weight is 300 g/mol. The number of halogens is 1. The van der Waals surface area contributed by atoms with Crippen LogP contribution in [0.2, 0.25) is 5.02 Å². The fraction of sp³-hybridized carbons (Fsp3) is 0.538. The maximum atomic E-state index is 11.0. The molecule has 6 nitrogen and oxygen atoms in total. The highest BCUT2D eigenvalue weighted by Gasteiger charge is 2.19. The lowest BCUT2D eigenvalue weighted by Gasteiger charge is -2.28. The van der Waals surface area contributed by atoms with Gasteiger partial charge in [0.1, 0.15) is 0 Å². The lowest BCUT2D eigenvalue weighted by Crippen LogP contribution is -2.44. The highest BCUT2D eigenvalue weighted by atomic mass is 35.5. The van der Waals surface area contributed by atoms with Crippen molar-refractivity contribution in [2.24, 2.45) is 0 Å². The van der Waals surface area contributed by atoms with Crippen molar-refractivity contribution in [2.45, 2.75) is 12.6 Å². The molecule has 1 fully saturated rings. The molecular weight excluding hydrogens is 282 g/mol. The van der Waals surface area contributed by atoms with Crippen LogP contribution < -0.4 is 5.32 Å². The molecule has 0 aromatic heterocycles. The van der Waals surface area contributed by atoms with Gasteiger partial charge >= 0.3 is 0 Å². The summed E-state index contributed by atoms with van der Waals surface area (Å²) in [5, 5.41) is 14.8. The van der Waals surface area contributed by atoms with Crippen LogP contribution in [0.3, 0.4) is 0 Å². The van der Waals surface area contributed by atoms with E-state index in [0.29, 0.717) is 23.7 Å². The number of ether oxygens (including phenoxy) is 1. The summed E-state index contributed by atoms with van der Waals surface area (Å²) in [6, 6.07) is 4.64. The van der Waals surface area contributed by atoms with Crippen molar-refractivity contribution in [3.63, 3.8) is 0 Å². The third kappa shape index (κ3) is 4.14. The minimum Gasteiger partial charge on any atom is -0.374 e. The predicted octanol–water partition coefficient (Wildman–Crippen LogP) is 1.67. The van der Waals surface area contributed by atoms with E-state index in [4.69, 9.17) is 16.3 Å². The summed E-state index contributed by atoms with van der Waals surface area (Å²) in [7, 11) is 1.92. The molecule has 1 aromatic rings. The molecule has 1 N–H and O–H groups in total. The van der Waals surface area contributed by atoms with Gasteiger partial charge in [-0.1, -0.05) is 11.6 Å². The van der Waals surface area contributed by atoms with Crippen LogP contribution in [0.15, 0.2) is 18.2 Å². The molecule has 1 saturated heterocycles. The van der Waals surface area contributed by atoms with Crippen LogP contribution in [0, 0.1) is 10.1 Å². The highest BCUT2D eigenvalue weighted by Crippen LogP contribution is 2.23. The molecule has 0 aliphatic carbocycles. The van der Waals surface area contributed by atoms with Gasteiger partial charge in [-0.15, -0.1) is 0 Å². The molecule has 0 saturated carbocycles. The summed E-state index contributed by atoms with van der Waals surface area (Å²) in [6.07, 6.45) is 0.118. The molecule has 0 amide bonds. The molecule has 1 atom stereocenters. The molecule has 0 bridgehead atoms. The number of nitrogens with zero attached hydrogens (tertiary/aromatic N) is 2. The Morgan fingerprint density at radius 3 is 3.05 bits per heavy atom. The molecule has 1 unspecified atom stereocenters. The Bertz CT molecular complexity index is 478. The largest absolute Gasteiger partial charge is 0.374 e. The second-order valence-electron chi connectivity index (χ2n) is 4.92. The number of benzene rings is 1. The van der Waals surface area contributed by atoms with Gasteiger partial charge in [-0.3, -0.25) is 15.0 Å². The number of morpholine rings is 1. The van der Waals surface area contributed by atoms with Crippen molar-refractivity contribution >= 4 is 17.3 Å². The van der Waals surface area contributed by atoms with Crippen LogP contribution in [0.4, 0.5) is 5.69 Å². The highest BCUT2D eigenvalue weighted by molar-refractivity contribution is 6.30. The van der Waals surface area contributed by atoms with Gasteiger partial charge in [0.05, 0.1) is 17.6 Å². The topological polar surface area (TPSA) is 67.6 Å². The molecule has 7 heteroatoms. The van der Waals surface area contributed by atoms with Crippen LogP contribution in [0.1, 0.15) is 5.56 Å². The molecule has 0 radical (unpaired) electrons. The zero-order chi connectivity index (χ0) is 14.5. The van der Waals surface area contributed by atoms with Crippen LogP contribution in [0.5, 0.6) is 0 Å². The summed E-state index contributed by atoms with van der Waals surface area (Å²) in [5.41, 5.74) is 0.720. The first-order valence-corrected chi connectivity index (χ1v) is 6.87. The van der Waals surface area contributed by atoms with E-state index in [-0.39, 0.29) is 16.7 Å². The zero-order valence-electron chi connectivity index (χ0n) is 11.3. The van der Waals surface area contributed by atoms with Crippen LogP contribution in [-0.2, 0) is 11.3 Å². The van der Waals surface area contributed by atoms with E-state index in [2.05, 4.69) is 5.32 Å². The van der Waals surface area contributed by atoms with E-state index >= 15 is 0 Å². The van der Waals surface area contributed by atoms with Gasteiger partial charge in [-0.2, -0.15) is 0 Å². The monoisotopic (exact) mass is 299 g/mol. The Morgan fingerprint density at radius 1 is 1.60 bits per heavy atom. The predicted molar refractivity (Wildman–Crippen MR) is 77.1 cm³/mol. The molecule has 2 rings (SSSR count). The van der Waals surface area contributed by atoms with Crippen molar-refractivity contribution in [1.29, 1.82) is 0 Å². The molecule has 20 heavy (non-hydrogen) atoms. The number of nitro groups is 1. The van der Waals surface area contributed by atoms with E-state index in [0.717, 1.165) is 19.6 Å². The molecule has 1 heterocycles. The van der Waals surface area contributed by atoms with Crippen molar-refractivity contribution in [3.8, 4) is 0 Å². The summed E-state index contributed by atoms with van der Waals surface area (Å²) < 4.78 is 5.62. The Morgan fingerprint density at radius 2 is 2.40 bits per heavy atom. The number of rotatable bonds is 5. The molecule has 0 spiro atoms. The first-order valence-electron chi connectivity index (χ1n) is 6.50. The van der Waals surface area contributed by atoms with Crippen molar-refractivity contribution < 1.29 is 9.66 Å². The Hall–Kier alpha value is -1.21. The molecule has 1 aliphatic heterocycles. The van der Waals surface area contributed by atoms with Crippen molar-refractivity contribution in [3.05, 3.63) is 38.9 Å². The molecule has 1 aliphatic rings. The number of nitrogens with one attached hydrogen (secondary N) is 1. The normalized spacial score (nSPS) is 19.2. The Balaban J connectivity index is 2.00. The average Bonchev–Trinajstić information content (AvgIpc) is 2.39. The third-order valence-electron chi connectivity index (χ3n) is 3.20. The first kappa shape index (κ1) is 15.2. The SMILES string of the molecule is CN(Cc1cc(Cl)ccc1[N+](=O)[O-])CC1CNCCO1. The second-order valence-corrected chi connectivity index (χ2v) is 5.36. The maximum Gasteiger partial charge on any atom is 0.273 e. The van der Waals surface area contributed by atoms with E-state index < -0.39 is 0 Å². The molecular formula is C13H18ClN3O3. The molecule has 1 aromatic carbocycles. The van der Waals surface area contributed by atoms with E-state index in [1.54, 1.807) is 6.07 Å². The van der Waals surface area contributed by atoms with Crippen LogP contribution >= 0.6 is 11.6 Å². The van der Waals surface area contributed by atoms with Gasteiger partial charge in [-0.25, -0.2) is 0 Å². The smallest absolute Gasteiger partial charge is 0.273 e. The maximum absolute atomic E-state index is 11.0. The van der Waals surface area contributed by atoms with E-state index in [1.807, 2.05) is 11.9 Å². The van der Waals surface area contributed by atoms with Gasteiger partial charge in [0.15, 0.2) is 0 Å². The minimum absolute atomic E-state index is 0.101. The lowest BCUT2D eigenvalue weighted by atomic mass is 10.1. The van der Waals surface area contributed by atoms with E-state index in [9.17, 15) is 10.1 Å². The molecule has 110 valence electrons. The number of hydrogen-bond acceptors (Lipinski definition) is 5. The Kier molecular flexibility index (Phi) is 5.31. The fourth-order valence-electron chi connectivity index (χ4n) is 2.30. The van der Waals surface area contributed by atoms with Gasteiger partial charge in [-0.05, 0) is 19.2 Å². The van der Waals surface area contributed by atoms with Crippen molar-refractivity contribution in [1.82, 2.24) is 10.2 Å². The van der Waals surface area contributed by atoms with Crippen molar-refractivity contribution in [2.75, 3.05) is 33.3 Å². The Labute approximate surface area is 122 Å². The lowest BCUT2D eigenvalue weighted by molar-refractivity contribution is -0.385.